The molecule has 4 nitrogen and oxygen atoms in total. The third kappa shape index (κ3) is 6.62. The zero-order valence-corrected chi connectivity index (χ0v) is 29.2. The van der Waals surface area contributed by atoms with Gasteiger partial charge in [0.15, 0.2) is 17.5 Å². The van der Waals surface area contributed by atoms with Crippen molar-refractivity contribution in [3.63, 3.8) is 0 Å². The molecule has 9 aromatic rings. The Labute approximate surface area is 309 Å². The Morgan fingerprint density at radius 2 is 0.736 bits per heavy atom. The number of nitrogens with zero attached hydrogens (tertiary/aromatic N) is 4. The van der Waals surface area contributed by atoms with E-state index >= 15 is 0 Å². The fourth-order valence-electron chi connectivity index (χ4n) is 6.82. The van der Waals surface area contributed by atoms with Gasteiger partial charge in [0, 0.05) is 40.0 Å². The van der Waals surface area contributed by atoms with Crippen LogP contribution in [-0.4, -0.2) is 19.9 Å². The molecule has 0 amide bonds. The van der Waals surface area contributed by atoms with Crippen LogP contribution in [0.15, 0.2) is 188 Å². The molecule has 0 aliphatic carbocycles. The lowest BCUT2D eigenvalue weighted by Gasteiger charge is -2.14. The van der Waals surface area contributed by atoms with Gasteiger partial charge in [-0.25, -0.2) is 15.0 Å². The van der Waals surface area contributed by atoms with Crippen LogP contribution in [0.5, 0.6) is 0 Å². The van der Waals surface area contributed by atoms with E-state index in [0.29, 0.717) is 17.5 Å². The number of rotatable bonds is 7. The summed E-state index contributed by atoms with van der Waals surface area (Å²) in [5.74, 6) is 1.84. The highest BCUT2D eigenvalue weighted by atomic mass is 15.0. The Morgan fingerprint density at radius 3 is 1.32 bits per heavy atom. The highest BCUT2D eigenvalue weighted by Crippen LogP contribution is 2.36. The lowest BCUT2D eigenvalue weighted by Crippen LogP contribution is -2.01. The van der Waals surface area contributed by atoms with Crippen molar-refractivity contribution < 1.29 is 0 Å². The van der Waals surface area contributed by atoms with Gasteiger partial charge in [0.05, 0.1) is 0 Å². The van der Waals surface area contributed by atoms with Crippen molar-refractivity contribution in [2.24, 2.45) is 0 Å². The van der Waals surface area contributed by atoms with Gasteiger partial charge in [0.25, 0.3) is 0 Å². The number of hydrogen-bond acceptors (Lipinski definition) is 4. The van der Waals surface area contributed by atoms with Crippen molar-refractivity contribution in [3.05, 3.63) is 194 Å². The lowest BCUT2D eigenvalue weighted by molar-refractivity contribution is 1.07. The first-order chi connectivity index (χ1) is 26.1. The maximum Gasteiger partial charge on any atom is 0.164 e. The number of aromatic nitrogens is 4. The molecule has 7 aromatic carbocycles. The molecule has 0 unspecified atom stereocenters. The smallest absolute Gasteiger partial charge is 0.164 e. The van der Waals surface area contributed by atoms with E-state index in [9.17, 15) is 0 Å². The molecule has 0 aliphatic rings. The summed E-state index contributed by atoms with van der Waals surface area (Å²) < 4.78 is 0. The second kappa shape index (κ2) is 13.9. The summed E-state index contributed by atoms with van der Waals surface area (Å²) in [7, 11) is 0. The molecule has 0 saturated heterocycles. The third-order valence-corrected chi connectivity index (χ3v) is 9.69. The molecule has 2 heterocycles. The van der Waals surface area contributed by atoms with E-state index in [-0.39, 0.29) is 0 Å². The van der Waals surface area contributed by atoms with Crippen LogP contribution in [0.2, 0.25) is 0 Å². The normalized spacial score (nSPS) is 11.1. The summed E-state index contributed by atoms with van der Waals surface area (Å²) in [5, 5.41) is 2.23. The Morgan fingerprint density at radius 1 is 0.321 bits per heavy atom. The van der Waals surface area contributed by atoms with Crippen molar-refractivity contribution in [2.45, 2.75) is 6.92 Å². The maximum absolute atomic E-state index is 5.18. The highest BCUT2D eigenvalue weighted by molar-refractivity contribution is 5.97. The highest BCUT2D eigenvalue weighted by Gasteiger charge is 2.16. The summed E-state index contributed by atoms with van der Waals surface area (Å²) >= 11 is 0. The SMILES string of the molecule is Cc1ccc(-c2cc(-c3nc(-c4ccc(-c5ccccc5)cc4)nc(-c4ccc(-c5ccccc5)cc4)n3)cc(-c3cncc4ccccc34)c2)cc1. The van der Waals surface area contributed by atoms with Crippen LogP contribution in [-0.2, 0) is 0 Å². The van der Waals surface area contributed by atoms with Gasteiger partial charge in [0.1, 0.15) is 0 Å². The van der Waals surface area contributed by atoms with Crippen molar-refractivity contribution in [3.8, 4) is 78.7 Å². The van der Waals surface area contributed by atoms with Crippen LogP contribution in [0, 0.1) is 6.92 Å². The Hall–Kier alpha value is -7.04. The first kappa shape index (κ1) is 31.9. The first-order valence-corrected chi connectivity index (χ1v) is 17.8. The van der Waals surface area contributed by atoms with Gasteiger partial charge < -0.3 is 0 Å². The van der Waals surface area contributed by atoms with E-state index in [2.05, 4.69) is 176 Å². The lowest BCUT2D eigenvalue weighted by atomic mass is 9.94. The van der Waals surface area contributed by atoms with Gasteiger partial charge in [-0.15, -0.1) is 0 Å². The fraction of sp³-hybridized carbons (Fsp3) is 0.0204. The van der Waals surface area contributed by atoms with Crippen molar-refractivity contribution >= 4 is 10.8 Å². The molecule has 2 aromatic heterocycles. The van der Waals surface area contributed by atoms with Crippen LogP contribution >= 0.6 is 0 Å². The number of hydrogen-bond donors (Lipinski definition) is 0. The third-order valence-electron chi connectivity index (χ3n) is 9.69. The predicted octanol–water partition coefficient (Wildman–Crippen LogP) is 12.4. The van der Waals surface area contributed by atoms with E-state index in [1.165, 1.54) is 5.56 Å². The van der Waals surface area contributed by atoms with Crippen LogP contribution in [0.4, 0.5) is 0 Å². The van der Waals surface area contributed by atoms with E-state index in [1.807, 2.05) is 24.5 Å². The molecule has 0 bridgehead atoms. The zero-order chi connectivity index (χ0) is 35.6. The molecule has 0 fully saturated rings. The van der Waals surface area contributed by atoms with Gasteiger partial charge in [-0.05, 0) is 69.5 Å². The van der Waals surface area contributed by atoms with Crippen LogP contribution in [0.25, 0.3) is 89.4 Å². The number of benzene rings is 7. The van der Waals surface area contributed by atoms with E-state index in [1.54, 1.807) is 0 Å². The first-order valence-electron chi connectivity index (χ1n) is 17.8. The van der Waals surface area contributed by atoms with E-state index in [0.717, 1.165) is 72.0 Å². The molecule has 250 valence electrons. The van der Waals surface area contributed by atoms with Gasteiger partial charge in [-0.1, -0.05) is 163 Å². The zero-order valence-electron chi connectivity index (χ0n) is 29.2. The average molecular weight is 679 g/mol. The Kier molecular flexibility index (Phi) is 8.39. The second-order valence-electron chi connectivity index (χ2n) is 13.3. The summed E-state index contributed by atoms with van der Waals surface area (Å²) in [4.78, 5) is 20.1. The molecule has 0 radical (unpaired) electrons. The molecular weight excluding hydrogens is 645 g/mol. The van der Waals surface area contributed by atoms with Gasteiger partial charge in [-0.2, -0.15) is 0 Å². The van der Waals surface area contributed by atoms with Crippen molar-refractivity contribution in [2.75, 3.05) is 0 Å². The molecular formula is C49H34N4. The van der Waals surface area contributed by atoms with E-state index < -0.39 is 0 Å². The summed E-state index contributed by atoms with van der Waals surface area (Å²) in [6, 6.07) is 61.4. The topological polar surface area (TPSA) is 51.6 Å². The average Bonchev–Trinajstić information content (AvgIpc) is 3.24. The van der Waals surface area contributed by atoms with Gasteiger partial charge in [0.2, 0.25) is 0 Å². The quantitative estimate of drug-likeness (QED) is 0.168. The van der Waals surface area contributed by atoms with Crippen LogP contribution < -0.4 is 0 Å². The molecule has 0 atom stereocenters. The summed E-state index contributed by atoms with van der Waals surface area (Å²) in [5.41, 5.74) is 12.9. The second-order valence-corrected chi connectivity index (χ2v) is 13.3. The molecule has 0 saturated carbocycles. The van der Waals surface area contributed by atoms with Crippen LogP contribution in [0.1, 0.15) is 5.56 Å². The molecule has 0 aliphatic heterocycles. The Bertz CT molecular complexity index is 2580. The largest absolute Gasteiger partial charge is 0.263 e. The van der Waals surface area contributed by atoms with Gasteiger partial charge in [-0.3, -0.25) is 4.98 Å². The molecule has 9 rings (SSSR count). The molecule has 4 heteroatoms. The standard InChI is InChI=1S/C49H34N4/c1-33-16-18-38(19-17-33)42-28-43(46-32-50-31-41-14-8-9-15-45(41)46)30-44(29-42)49-52-47(39-24-20-36(21-25-39)34-10-4-2-5-11-34)51-48(53-49)40-26-22-37(23-27-40)35-12-6-3-7-13-35/h2-32H,1H3. The van der Waals surface area contributed by atoms with Crippen molar-refractivity contribution in [1.82, 2.24) is 19.9 Å². The summed E-state index contributed by atoms with van der Waals surface area (Å²) in [6.45, 7) is 2.11. The van der Waals surface area contributed by atoms with Crippen LogP contribution in [0.3, 0.4) is 0 Å². The number of pyridine rings is 1. The minimum atomic E-state index is 0.604. The van der Waals surface area contributed by atoms with Gasteiger partial charge >= 0.3 is 0 Å². The molecule has 53 heavy (non-hydrogen) atoms. The van der Waals surface area contributed by atoms with Crippen molar-refractivity contribution in [1.29, 1.82) is 0 Å². The fourth-order valence-corrected chi connectivity index (χ4v) is 6.82. The maximum atomic E-state index is 5.18. The summed E-state index contributed by atoms with van der Waals surface area (Å²) in [6.07, 6.45) is 3.87. The minimum Gasteiger partial charge on any atom is -0.263 e. The van der Waals surface area contributed by atoms with E-state index in [4.69, 9.17) is 15.0 Å². The predicted molar refractivity (Wildman–Crippen MR) is 218 cm³/mol. The number of fused-ring (bicyclic) bond motifs is 1. The Balaban J connectivity index is 1.22. The number of aryl methyl sites for hydroxylation is 1. The molecule has 0 spiro atoms. The minimum absolute atomic E-state index is 0.604. The molecule has 0 N–H and O–H groups in total. The monoisotopic (exact) mass is 678 g/mol.